The molecule has 1 heterocycles. The Morgan fingerprint density at radius 1 is 1.53 bits per heavy atom. The van der Waals surface area contributed by atoms with Crippen LogP contribution in [0, 0.1) is 0 Å². The Morgan fingerprint density at radius 3 is 3.06 bits per heavy atom. The van der Waals surface area contributed by atoms with Gasteiger partial charge in [-0.05, 0) is 25.8 Å². The molecule has 0 saturated carbocycles. The van der Waals surface area contributed by atoms with Crippen molar-refractivity contribution in [2.75, 3.05) is 39.2 Å². The van der Waals surface area contributed by atoms with Crippen LogP contribution in [0.2, 0.25) is 0 Å². The summed E-state index contributed by atoms with van der Waals surface area (Å²) in [6.45, 7) is 5.24. The van der Waals surface area contributed by atoms with E-state index in [0.29, 0.717) is 25.0 Å². The topological polar surface area (TPSA) is 47.6 Å². The highest BCUT2D eigenvalue weighted by atomic mass is 32.2. The molecule has 1 N–H and O–H groups in total. The fourth-order valence-electron chi connectivity index (χ4n) is 2.03. The number of hydrogen-bond donors (Lipinski definition) is 1. The predicted octanol–water partition coefficient (Wildman–Crippen LogP) is 0.929. The molecule has 5 heteroatoms. The zero-order valence-electron chi connectivity index (χ0n) is 10.9. The van der Waals surface area contributed by atoms with E-state index in [0.717, 1.165) is 32.4 Å². The van der Waals surface area contributed by atoms with E-state index in [1.165, 1.54) is 0 Å². The van der Waals surface area contributed by atoms with Crippen molar-refractivity contribution >= 4 is 10.8 Å². The molecule has 1 saturated heterocycles. The third-order valence-electron chi connectivity index (χ3n) is 2.99. The SMILES string of the molecule is CCCNC1CCOCC1S(=O)CCCOC. The molecule has 4 nitrogen and oxygen atoms in total. The Labute approximate surface area is 107 Å². The van der Waals surface area contributed by atoms with Crippen molar-refractivity contribution in [3.8, 4) is 0 Å². The first-order valence-corrected chi connectivity index (χ1v) is 7.85. The summed E-state index contributed by atoms with van der Waals surface area (Å²) >= 11 is 0. The molecule has 0 amide bonds. The maximum absolute atomic E-state index is 12.2. The van der Waals surface area contributed by atoms with Crippen LogP contribution in [0.4, 0.5) is 0 Å². The van der Waals surface area contributed by atoms with Crippen molar-refractivity contribution in [2.24, 2.45) is 0 Å². The molecule has 1 aliphatic rings. The maximum Gasteiger partial charge on any atom is 0.0735 e. The highest BCUT2D eigenvalue weighted by Gasteiger charge is 2.29. The molecular weight excluding hydrogens is 238 g/mol. The highest BCUT2D eigenvalue weighted by molar-refractivity contribution is 7.85. The molecule has 1 aliphatic heterocycles. The van der Waals surface area contributed by atoms with E-state index in [1.807, 2.05) is 0 Å². The Morgan fingerprint density at radius 2 is 2.35 bits per heavy atom. The average molecular weight is 263 g/mol. The van der Waals surface area contributed by atoms with Crippen molar-refractivity contribution in [1.29, 1.82) is 0 Å². The van der Waals surface area contributed by atoms with Gasteiger partial charge in [0.25, 0.3) is 0 Å². The summed E-state index contributed by atoms with van der Waals surface area (Å²) in [4.78, 5) is 0. The van der Waals surface area contributed by atoms with E-state index in [9.17, 15) is 4.21 Å². The van der Waals surface area contributed by atoms with Gasteiger partial charge in [-0.3, -0.25) is 4.21 Å². The summed E-state index contributed by atoms with van der Waals surface area (Å²) in [5.41, 5.74) is 0. The summed E-state index contributed by atoms with van der Waals surface area (Å²) in [7, 11) is 0.870. The second-order valence-corrected chi connectivity index (χ2v) is 6.17. The van der Waals surface area contributed by atoms with Crippen molar-refractivity contribution in [3.63, 3.8) is 0 Å². The van der Waals surface area contributed by atoms with Gasteiger partial charge >= 0.3 is 0 Å². The van der Waals surface area contributed by atoms with E-state index < -0.39 is 10.8 Å². The number of methoxy groups -OCH3 is 1. The molecule has 0 radical (unpaired) electrons. The molecule has 0 aromatic rings. The van der Waals surface area contributed by atoms with Crippen molar-refractivity contribution in [2.45, 2.75) is 37.5 Å². The summed E-state index contributed by atoms with van der Waals surface area (Å²) < 4.78 is 22.6. The van der Waals surface area contributed by atoms with Gasteiger partial charge < -0.3 is 14.8 Å². The summed E-state index contributed by atoms with van der Waals surface area (Å²) in [5, 5.41) is 3.63. The predicted molar refractivity (Wildman–Crippen MR) is 70.8 cm³/mol. The Kier molecular flexibility index (Phi) is 8.01. The van der Waals surface area contributed by atoms with E-state index in [-0.39, 0.29) is 5.25 Å². The first kappa shape index (κ1) is 15.1. The second kappa shape index (κ2) is 9.03. The third kappa shape index (κ3) is 5.46. The van der Waals surface area contributed by atoms with Gasteiger partial charge in [0.2, 0.25) is 0 Å². The van der Waals surface area contributed by atoms with Crippen LogP contribution in [0.5, 0.6) is 0 Å². The molecule has 0 aliphatic carbocycles. The van der Waals surface area contributed by atoms with Crippen LogP contribution in [-0.2, 0) is 20.3 Å². The Balaban J connectivity index is 2.37. The molecule has 0 bridgehead atoms. The Bertz CT molecular complexity index is 226. The molecule has 0 aromatic carbocycles. The van der Waals surface area contributed by atoms with Crippen molar-refractivity contribution < 1.29 is 13.7 Å². The van der Waals surface area contributed by atoms with Gasteiger partial charge in [-0.25, -0.2) is 0 Å². The largest absolute Gasteiger partial charge is 0.385 e. The molecule has 1 rings (SSSR count). The molecule has 102 valence electrons. The summed E-state index contributed by atoms with van der Waals surface area (Å²) in [5.74, 6) is 0.714. The van der Waals surface area contributed by atoms with Crippen LogP contribution in [-0.4, -0.2) is 54.7 Å². The van der Waals surface area contributed by atoms with E-state index in [2.05, 4.69) is 12.2 Å². The Hall–Kier alpha value is 0.0300. The second-order valence-electron chi connectivity index (χ2n) is 4.39. The fourth-order valence-corrected chi connectivity index (χ4v) is 3.58. The molecular formula is C12H25NO3S. The monoisotopic (exact) mass is 263 g/mol. The minimum absolute atomic E-state index is 0.146. The van der Waals surface area contributed by atoms with Crippen LogP contribution < -0.4 is 5.32 Å². The van der Waals surface area contributed by atoms with Crippen LogP contribution in [0.3, 0.4) is 0 Å². The zero-order chi connectivity index (χ0) is 12.5. The lowest BCUT2D eigenvalue weighted by Gasteiger charge is -2.31. The molecule has 0 spiro atoms. The standard InChI is InChI=1S/C12H25NO3S/c1-3-6-13-11-5-8-16-10-12(11)17(14)9-4-7-15-2/h11-13H,3-10H2,1-2H3. The van der Waals surface area contributed by atoms with E-state index >= 15 is 0 Å². The third-order valence-corrected chi connectivity index (χ3v) is 4.82. The lowest BCUT2D eigenvalue weighted by molar-refractivity contribution is 0.0820. The number of hydrogen-bond acceptors (Lipinski definition) is 4. The van der Waals surface area contributed by atoms with Gasteiger partial charge in [-0.1, -0.05) is 6.92 Å². The molecule has 17 heavy (non-hydrogen) atoms. The fraction of sp³-hybridized carbons (Fsp3) is 1.00. The first-order valence-electron chi connectivity index (χ1n) is 6.46. The first-order chi connectivity index (χ1) is 8.29. The zero-order valence-corrected chi connectivity index (χ0v) is 11.8. The smallest absolute Gasteiger partial charge is 0.0735 e. The van der Waals surface area contributed by atoms with Crippen LogP contribution in [0.25, 0.3) is 0 Å². The van der Waals surface area contributed by atoms with Crippen molar-refractivity contribution in [1.82, 2.24) is 5.32 Å². The molecule has 3 atom stereocenters. The summed E-state index contributed by atoms with van der Waals surface area (Å²) in [6, 6.07) is 0.354. The van der Waals surface area contributed by atoms with Gasteiger partial charge in [0, 0.05) is 42.9 Å². The lowest BCUT2D eigenvalue weighted by atomic mass is 10.1. The number of nitrogens with one attached hydrogen (secondary N) is 1. The van der Waals surface area contributed by atoms with Gasteiger partial charge in [0.15, 0.2) is 0 Å². The van der Waals surface area contributed by atoms with E-state index in [4.69, 9.17) is 9.47 Å². The van der Waals surface area contributed by atoms with Gasteiger partial charge in [0.1, 0.15) is 0 Å². The van der Waals surface area contributed by atoms with E-state index in [1.54, 1.807) is 7.11 Å². The molecule has 0 aromatic heterocycles. The quantitative estimate of drug-likeness (QED) is 0.662. The van der Waals surface area contributed by atoms with Crippen LogP contribution in [0.15, 0.2) is 0 Å². The molecule has 3 unspecified atom stereocenters. The average Bonchev–Trinajstić information content (AvgIpc) is 2.37. The van der Waals surface area contributed by atoms with Crippen LogP contribution in [0.1, 0.15) is 26.2 Å². The minimum Gasteiger partial charge on any atom is -0.385 e. The minimum atomic E-state index is -0.809. The maximum atomic E-state index is 12.2. The molecule has 1 fully saturated rings. The van der Waals surface area contributed by atoms with Crippen LogP contribution >= 0.6 is 0 Å². The number of ether oxygens (including phenoxy) is 2. The van der Waals surface area contributed by atoms with Crippen molar-refractivity contribution in [3.05, 3.63) is 0 Å². The lowest BCUT2D eigenvalue weighted by Crippen LogP contribution is -2.49. The van der Waals surface area contributed by atoms with Gasteiger partial charge in [0.05, 0.1) is 11.9 Å². The van der Waals surface area contributed by atoms with Gasteiger partial charge in [-0.2, -0.15) is 0 Å². The highest BCUT2D eigenvalue weighted by Crippen LogP contribution is 2.14. The number of rotatable bonds is 8. The van der Waals surface area contributed by atoms with Gasteiger partial charge in [-0.15, -0.1) is 0 Å². The normalized spacial score (nSPS) is 26.9. The summed E-state index contributed by atoms with van der Waals surface area (Å²) in [6.07, 6.45) is 2.95.